The standard InChI is InChI=1S/C16H18BrN3/c17-11-4-5-13-10(6-11)8-14-15(13)20-16(19-14)9-2-1-3-12(18)7-9/h4-6,9,12H,1-3,7-8,18H2,(H,19,20). The molecule has 0 radical (unpaired) electrons. The lowest BCUT2D eigenvalue weighted by Crippen LogP contribution is -2.27. The average Bonchev–Trinajstić information content (AvgIpc) is 2.95. The van der Waals surface area contributed by atoms with Gasteiger partial charge in [0.2, 0.25) is 0 Å². The molecule has 1 aromatic carbocycles. The predicted octanol–water partition coefficient (Wildman–Crippen LogP) is 3.73. The molecule has 1 fully saturated rings. The second kappa shape index (κ2) is 4.71. The number of halogens is 1. The van der Waals surface area contributed by atoms with Crippen molar-refractivity contribution >= 4 is 15.9 Å². The number of aromatic amines is 1. The van der Waals surface area contributed by atoms with Crippen molar-refractivity contribution in [2.24, 2.45) is 5.73 Å². The smallest absolute Gasteiger partial charge is 0.110 e. The molecule has 1 heterocycles. The maximum absolute atomic E-state index is 6.10. The number of hydrogen-bond donors (Lipinski definition) is 2. The number of benzene rings is 1. The zero-order valence-electron chi connectivity index (χ0n) is 11.3. The van der Waals surface area contributed by atoms with Gasteiger partial charge in [-0.1, -0.05) is 28.4 Å². The van der Waals surface area contributed by atoms with Crippen LogP contribution >= 0.6 is 15.9 Å². The summed E-state index contributed by atoms with van der Waals surface area (Å²) >= 11 is 3.54. The highest BCUT2D eigenvalue weighted by Crippen LogP contribution is 2.39. The molecule has 104 valence electrons. The number of nitrogens with one attached hydrogen (secondary N) is 1. The van der Waals surface area contributed by atoms with Crippen LogP contribution in [0.15, 0.2) is 22.7 Å². The van der Waals surface area contributed by atoms with Gasteiger partial charge in [-0.3, -0.25) is 0 Å². The van der Waals surface area contributed by atoms with Gasteiger partial charge >= 0.3 is 0 Å². The minimum atomic E-state index is 0.344. The van der Waals surface area contributed by atoms with E-state index in [0.717, 1.165) is 35.3 Å². The molecule has 20 heavy (non-hydrogen) atoms. The summed E-state index contributed by atoms with van der Waals surface area (Å²) in [5.74, 6) is 1.67. The largest absolute Gasteiger partial charge is 0.345 e. The maximum Gasteiger partial charge on any atom is 0.110 e. The van der Waals surface area contributed by atoms with Crippen molar-refractivity contribution < 1.29 is 0 Å². The van der Waals surface area contributed by atoms with Crippen LogP contribution in [0.2, 0.25) is 0 Å². The molecule has 3 N–H and O–H groups in total. The number of aromatic nitrogens is 2. The van der Waals surface area contributed by atoms with Crippen molar-refractivity contribution in [3.63, 3.8) is 0 Å². The Hall–Kier alpha value is -1.13. The Morgan fingerprint density at radius 2 is 2.20 bits per heavy atom. The Kier molecular flexibility index (Phi) is 2.97. The van der Waals surface area contributed by atoms with Gasteiger partial charge in [-0.05, 0) is 37.0 Å². The van der Waals surface area contributed by atoms with Crippen LogP contribution in [0.4, 0.5) is 0 Å². The van der Waals surface area contributed by atoms with Crippen LogP contribution in [0, 0.1) is 0 Å². The lowest BCUT2D eigenvalue weighted by atomic mass is 9.86. The van der Waals surface area contributed by atoms with Crippen LogP contribution in [0.5, 0.6) is 0 Å². The third-order valence-electron chi connectivity index (χ3n) is 4.59. The molecule has 3 nitrogen and oxygen atoms in total. The Balaban J connectivity index is 1.68. The lowest BCUT2D eigenvalue weighted by Gasteiger charge is -2.25. The van der Waals surface area contributed by atoms with Gasteiger partial charge in [-0.2, -0.15) is 0 Å². The summed E-state index contributed by atoms with van der Waals surface area (Å²) in [6, 6.07) is 6.81. The van der Waals surface area contributed by atoms with Crippen LogP contribution in [-0.4, -0.2) is 16.0 Å². The molecule has 1 aromatic heterocycles. The van der Waals surface area contributed by atoms with Crippen molar-refractivity contribution in [1.82, 2.24) is 9.97 Å². The highest BCUT2D eigenvalue weighted by atomic mass is 79.9. The Morgan fingerprint density at radius 1 is 1.30 bits per heavy atom. The van der Waals surface area contributed by atoms with E-state index in [1.54, 1.807) is 0 Å². The van der Waals surface area contributed by atoms with E-state index in [1.807, 2.05) is 0 Å². The highest BCUT2D eigenvalue weighted by Gasteiger charge is 2.28. The summed E-state index contributed by atoms with van der Waals surface area (Å²) in [6.07, 6.45) is 5.64. The third-order valence-corrected chi connectivity index (χ3v) is 5.08. The molecule has 4 rings (SSSR count). The number of nitrogens with two attached hydrogens (primary N) is 1. The van der Waals surface area contributed by atoms with E-state index in [1.165, 1.54) is 29.7 Å². The van der Waals surface area contributed by atoms with Crippen LogP contribution < -0.4 is 5.73 Å². The molecule has 2 unspecified atom stereocenters. The number of H-pyrrole nitrogens is 1. The zero-order valence-corrected chi connectivity index (χ0v) is 12.9. The number of rotatable bonds is 1. The van der Waals surface area contributed by atoms with Crippen LogP contribution in [-0.2, 0) is 6.42 Å². The van der Waals surface area contributed by atoms with Crippen molar-refractivity contribution in [2.45, 2.75) is 44.1 Å². The molecule has 2 atom stereocenters. The van der Waals surface area contributed by atoms with E-state index in [-0.39, 0.29) is 0 Å². The molecular weight excluding hydrogens is 314 g/mol. The van der Waals surface area contributed by atoms with Crippen molar-refractivity contribution in [3.8, 4) is 11.3 Å². The van der Waals surface area contributed by atoms with Gasteiger partial charge in [0.05, 0.1) is 5.69 Å². The van der Waals surface area contributed by atoms with Gasteiger partial charge in [0.15, 0.2) is 0 Å². The Morgan fingerprint density at radius 3 is 3.05 bits per heavy atom. The van der Waals surface area contributed by atoms with Gasteiger partial charge in [-0.25, -0.2) is 4.98 Å². The molecule has 1 saturated carbocycles. The number of nitrogens with zero attached hydrogens (tertiary/aromatic N) is 1. The Bertz CT molecular complexity index is 662. The number of fused-ring (bicyclic) bond motifs is 3. The summed E-state index contributed by atoms with van der Waals surface area (Å²) in [5, 5.41) is 0. The second-order valence-corrected chi connectivity index (χ2v) is 6.97. The predicted molar refractivity (Wildman–Crippen MR) is 83.7 cm³/mol. The minimum absolute atomic E-state index is 0.344. The first-order chi connectivity index (χ1) is 9.70. The average molecular weight is 332 g/mol. The summed E-state index contributed by atoms with van der Waals surface area (Å²) < 4.78 is 1.14. The van der Waals surface area contributed by atoms with E-state index < -0.39 is 0 Å². The van der Waals surface area contributed by atoms with Crippen molar-refractivity contribution in [3.05, 3.63) is 39.8 Å². The summed E-state index contributed by atoms with van der Waals surface area (Å²) in [7, 11) is 0. The lowest BCUT2D eigenvalue weighted by molar-refractivity contribution is 0.383. The van der Waals surface area contributed by atoms with Gasteiger partial charge in [0.1, 0.15) is 5.82 Å². The molecular formula is C16H18BrN3. The van der Waals surface area contributed by atoms with E-state index in [2.05, 4.69) is 39.1 Å². The van der Waals surface area contributed by atoms with E-state index in [4.69, 9.17) is 10.7 Å². The first-order valence-corrected chi connectivity index (χ1v) is 8.13. The maximum atomic E-state index is 6.10. The van der Waals surface area contributed by atoms with Gasteiger partial charge in [0, 0.05) is 34.1 Å². The zero-order chi connectivity index (χ0) is 13.7. The summed E-state index contributed by atoms with van der Waals surface area (Å²) in [4.78, 5) is 8.46. The minimum Gasteiger partial charge on any atom is -0.345 e. The molecule has 0 amide bonds. The molecule has 2 aromatic rings. The first-order valence-electron chi connectivity index (χ1n) is 7.34. The number of imidazole rings is 1. The van der Waals surface area contributed by atoms with E-state index in [0.29, 0.717) is 12.0 Å². The molecule has 0 spiro atoms. The normalized spacial score (nSPS) is 24.5. The fourth-order valence-electron chi connectivity index (χ4n) is 3.58. The van der Waals surface area contributed by atoms with Crippen LogP contribution in [0.1, 0.15) is 48.7 Å². The molecule has 2 aliphatic carbocycles. The monoisotopic (exact) mass is 331 g/mol. The highest BCUT2D eigenvalue weighted by molar-refractivity contribution is 9.10. The molecule has 2 aliphatic rings. The van der Waals surface area contributed by atoms with Crippen LogP contribution in [0.3, 0.4) is 0 Å². The van der Waals surface area contributed by atoms with Crippen molar-refractivity contribution in [1.29, 1.82) is 0 Å². The molecule has 0 aliphatic heterocycles. The quantitative estimate of drug-likeness (QED) is 0.713. The van der Waals surface area contributed by atoms with Gasteiger partial charge in [0.25, 0.3) is 0 Å². The van der Waals surface area contributed by atoms with Crippen molar-refractivity contribution in [2.75, 3.05) is 0 Å². The Labute approximate surface area is 127 Å². The van der Waals surface area contributed by atoms with E-state index >= 15 is 0 Å². The van der Waals surface area contributed by atoms with Gasteiger partial charge in [-0.15, -0.1) is 0 Å². The molecule has 4 heteroatoms. The fourth-order valence-corrected chi connectivity index (χ4v) is 3.99. The number of hydrogen-bond acceptors (Lipinski definition) is 2. The van der Waals surface area contributed by atoms with Gasteiger partial charge < -0.3 is 10.7 Å². The fraction of sp³-hybridized carbons (Fsp3) is 0.438. The molecule has 0 saturated heterocycles. The SMILES string of the molecule is NC1CCCC(c2nc3c([nH]2)Cc2cc(Br)ccc2-3)C1. The third kappa shape index (κ3) is 2.02. The second-order valence-electron chi connectivity index (χ2n) is 6.05. The summed E-state index contributed by atoms with van der Waals surface area (Å²) in [5.41, 5.74) is 11.2. The summed E-state index contributed by atoms with van der Waals surface area (Å²) in [6.45, 7) is 0. The van der Waals surface area contributed by atoms with Crippen LogP contribution in [0.25, 0.3) is 11.3 Å². The van der Waals surface area contributed by atoms with E-state index in [9.17, 15) is 0 Å². The molecule has 0 bridgehead atoms. The topological polar surface area (TPSA) is 54.7 Å². The first kappa shape index (κ1) is 12.6.